The number of amides is 3. The summed E-state index contributed by atoms with van der Waals surface area (Å²) in [6.07, 6.45) is 11.1. The van der Waals surface area contributed by atoms with Gasteiger partial charge in [-0.05, 0) is 94.9 Å². The van der Waals surface area contributed by atoms with Crippen molar-refractivity contribution in [3.05, 3.63) is 113 Å². The molecular weight excluding hydrogens is 733 g/mol. The maximum absolute atomic E-state index is 13.8. The molecule has 3 amide bonds. The van der Waals surface area contributed by atoms with E-state index in [1.807, 2.05) is 89.8 Å². The standard InChI is InChI=1S/C43H50N12O3/c1-6-52-18-8-11-33(39(52)34-23-44-51(5)26-34)25-50(4)42(57)31-9-7-10-32(22-31)43(58)53-19-16-36(17-20-53)54-27-38(48-49-54)30-12-14-35(15-13-30)47-41(56)37-24-45-55-29(3)21-28(2)46-40(37)55/h7,9-10,12-15,21-24,26-27,33,36,39H,6,8,11,16-20,25H2,1-5H3,(H,47,56). The molecule has 6 heterocycles. The van der Waals surface area contributed by atoms with Crippen LogP contribution in [0.1, 0.15) is 92.7 Å². The van der Waals surface area contributed by atoms with Crippen molar-refractivity contribution in [3.8, 4) is 11.3 Å². The number of nitrogens with zero attached hydrogens (tertiary/aromatic N) is 11. The third kappa shape index (κ3) is 7.86. The molecule has 2 aliphatic heterocycles. The minimum absolute atomic E-state index is 0.0761. The highest BCUT2D eigenvalue weighted by molar-refractivity contribution is 6.08. The molecule has 6 aromatic rings. The summed E-state index contributed by atoms with van der Waals surface area (Å²) in [5, 5.41) is 20.6. The highest BCUT2D eigenvalue weighted by atomic mass is 16.2. The van der Waals surface area contributed by atoms with Crippen LogP contribution in [0.25, 0.3) is 16.9 Å². The Labute approximate surface area is 337 Å². The number of carbonyl (C=O) groups excluding carboxylic acids is 3. The molecule has 15 nitrogen and oxygen atoms in total. The van der Waals surface area contributed by atoms with Crippen LogP contribution in [0.15, 0.2) is 79.4 Å². The first-order chi connectivity index (χ1) is 28.1. The highest BCUT2D eigenvalue weighted by Gasteiger charge is 2.34. The quantitative estimate of drug-likeness (QED) is 0.187. The summed E-state index contributed by atoms with van der Waals surface area (Å²) in [4.78, 5) is 51.3. The largest absolute Gasteiger partial charge is 0.341 e. The highest BCUT2D eigenvalue weighted by Crippen LogP contribution is 2.36. The van der Waals surface area contributed by atoms with Crippen LogP contribution in [0.4, 0.5) is 5.69 Å². The summed E-state index contributed by atoms with van der Waals surface area (Å²) in [5.41, 5.74) is 7.11. The van der Waals surface area contributed by atoms with Crippen LogP contribution < -0.4 is 5.32 Å². The van der Waals surface area contributed by atoms with Gasteiger partial charge in [-0.2, -0.15) is 10.2 Å². The van der Waals surface area contributed by atoms with Crippen molar-refractivity contribution in [1.82, 2.24) is 54.1 Å². The zero-order valence-electron chi connectivity index (χ0n) is 33.7. The fraction of sp³-hybridized carbons (Fsp3) is 0.395. The Kier molecular flexibility index (Phi) is 10.9. The van der Waals surface area contributed by atoms with Gasteiger partial charge in [0, 0.05) is 85.3 Å². The molecule has 1 N–H and O–H groups in total. The molecule has 0 aliphatic carbocycles. The minimum Gasteiger partial charge on any atom is -0.341 e. The molecule has 300 valence electrons. The van der Waals surface area contributed by atoms with Crippen LogP contribution in [0.2, 0.25) is 0 Å². The second-order valence-corrected chi connectivity index (χ2v) is 15.7. The van der Waals surface area contributed by atoms with E-state index < -0.39 is 0 Å². The Morgan fingerprint density at radius 2 is 1.69 bits per heavy atom. The zero-order valence-corrected chi connectivity index (χ0v) is 33.7. The van der Waals surface area contributed by atoms with Crippen molar-refractivity contribution in [1.29, 1.82) is 0 Å². The smallest absolute Gasteiger partial charge is 0.261 e. The fourth-order valence-electron chi connectivity index (χ4n) is 8.67. The summed E-state index contributed by atoms with van der Waals surface area (Å²) in [5.74, 6) is -0.164. The van der Waals surface area contributed by atoms with E-state index in [4.69, 9.17) is 0 Å². The third-order valence-corrected chi connectivity index (χ3v) is 11.6. The lowest BCUT2D eigenvalue weighted by molar-refractivity contribution is 0.0588. The van der Waals surface area contributed by atoms with Gasteiger partial charge in [-0.1, -0.05) is 30.3 Å². The Bertz CT molecular complexity index is 2440. The van der Waals surface area contributed by atoms with E-state index in [9.17, 15) is 14.4 Å². The van der Waals surface area contributed by atoms with Crippen LogP contribution in [-0.2, 0) is 7.05 Å². The molecule has 0 bridgehead atoms. The average Bonchev–Trinajstić information content (AvgIpc) is 4.01. The van der Waals surface area contributed by atoms with Gasteiger partial charge in [0.1, 0.15) is 11.3 Å². The van der Waals surface area contributed by atoms with Crippen molar-refractivity contribution in [2.75, 3.05) is 45.1 Å². The lowest BCUT2D eigenvalue weighted by atomic mass is 9.85. The van der Waals surface area contributed by atoms with E-state index in [1.165, 1.54) is 11.8 Å². The van der Waals surface area contributed by atoms with Gasteiger partial charge in [-0.15, -0.1) is 5.10 Å². The molecule has 4 aromatic heterocycles. The maximum atomic E-state index is 13.8. The molecule has 2 atom stereocenters. The van der Waals surface area contributed by atoms with Crippen LogP contribution in [0, 0.1) is 19.8 Å². The van der Waals surface area contributed by atoms with Gasteiger partial charge in [0.05, 0.1) is 24.6 Å². The fourth-order valence-corrected chi connectivity index (χ4v) is 8.67. The first kappa shape index (κ1) is 38.6. The number of nitrogens with one attached hydrogen (secondary N) is 1. The summed E-state index contributed by atoms with van der Waals surface area (Å²) >= 11 is 0. The lowest BCUT2D eigenvalue weighted by Crippen LogP contribution is -2.44. The average molecular weight is 783 g/mol. The van der Waals surface area contributed by atoms with Gasteiger partial charge < -0.3 is 15.1 Å². The molecule has 2 fully saturated rings. The number of likely N-dealkylation sites (tertiary alicyclic amines) is 2. The predicted octanol–water partition coefficient (Wildman–Crippen LogP) is 5.61. The van der Waals surface area contributed by atoms with Gasteiger partial charge in [0.2, 0.25) is 0 Å². The first-order valence-corrected chi connectivity index (χ1v) is 20.1. The number of benzene rings is 2. The molecule has 2 aromatic carbocycles. The number of carbonyl (C=O) groups is 3. The molecule has 0 spiro atoms. The normalized spacial score (nSPS) is 17.8. The summed E-state index contributed by atoms with van der Waals surface area (Å²) in [7, 11) is 3.80. The third-order valence-electron chi connectivity index (χ3n) is 11.6. The molecule has 8 rings (SSSR count). The van der Waals surface area contributed by atoms with Crippen LogP contribution in [0.5, 0.6) is 0 Å². The number of hydrogen-bond donors (Lipinski definition) is 1. The molecule has 58 heavy (non-hydrogen) atoms. The van der Waals surface area contributed by atoms with Gasteiger partial charge in [-0.25, -0.2) is 14.2 Å². The molecule has 2 aliphatic rings. The predicted molar refractivity (Wildman–Crippen MR) is 219 cm³/mol. The van der Waals surface area contributed by atoms with Crippen molar-refractivity contribution in [2.24, 2.45) is 13.0 Å². The second-order valence-electron chi connectivity index (χ2n) is 15.7. The monoisotopic (exact) mass is 782 g/mol. The topological polar surface area (TPSA) is 152 Å². The SMILES string of the molecule is CCN1CCCC(CN(C)C(=O)c2cccc(C(=O)N3CCC(n4cc(-c5ccc(NC(=O)c6cnn7c(C)cc(C)nc67)cc5)nn4)CC3)c2)C1c1cnn(C)c1. The summed E-state index contributed by atoms with van der Waals surface area (Å²) < 4.78 is 5.39. The van der Waals surface area contributed by atoms with E-state index in [0.29, 0.717) is 47.7 Å². The second kappa shape index (κ2) is 16.3. The van der Waals surface area contributed by atoms with E-state index >= 15 is 0 Å². The Hall–Kier alpha value is -6.22. The van der Waals surface area contributed by atoms with Crippen LogP contribution in [0.3, 0.4) is 0 Å². The van der Waals surface area contributed by atoms with Crippen molar-refractivity contribution >= 4 is 29.1 Å². The van der Waals surface area contributed by atoms with E-state index in [-0.39, 0.29) is 35.7 Å². The molecular formula is C43H50N12O3. The van der Waals surface area contributed by atoms with Crippen molar-refractivity contribution < 1.29 is 14.4 Å². The van der Waals surface area contributed by atoms with Crippen molar-refractivity contribution in [3.63, 3.8) is 0 Å². The van der Waals surface area contributed by atoms with Gasteiger partial charge in [0.15, 0.2) is 5.65 Å². The number of rotatable bonds is 10. The Morgan fingerprint density at radius 1 is 0.914 bits per heavy atom. The molecule has 0 radical (unpaired) electrons. The zero-order chi connectivity index (χ0) is 40.5. The number of aryl methyl sites for hydroxylation is 3. The number of fused-ring (bicyclic) bond motifs is 1. The number of piperidine rings is 2. The molecule has 0 saturated carbocycles. The molecule has 15 heteroatoms. The van der Waals surface area contributed by atoms with Crippen LogP contribution >= 0.6 is 0 Å². The lowest BCUT2D eigenvalue weighted by Gasteiger charge is -2.42. The number of hydrogen-bond acceptors (Lipinski definition) is 9. The maximum Gasteiger partial charge on any atom is 0.261 e. The number of anilines is 1. The van der Waals surface area contributed by atoms with E-state index in [2.05, 4.69) is 48.8 Å². The summed E-state index contributed by atoms with van der Waals surface area (Å²) in [6, 6.07) is 16.8. The number of aromatic nitrogens is 8. The van der Waals surface area contributed by atoms with Gasteiger partial charge >= 0.3 is 0 Å². The molecule has 2 unspecified atom stereocenters. The molecule has 2 saturated heterocycles. The van der Waals surface area contributed by atoms with Crippen molar-refractivity contribution in [2.45, 2.75) is 58.5 Å². The minimum atomic E-state index is -0.283. The van der Waals surface area contributed by atoms with Gasteiger partial charge in [-0.3, -0.25) is 24.0 Å². The van der Waals surface area contributed by atoms with E-state index in [0.717, 1.165) is 61.4 Å². The van der Waals surface area contributed by atoms with E-state index in [1.54, 1.807) is 28.8 Å². The first-order valence-electron chi connectivity index (χ1n) is 20.1. The summed E-state index contributed by atoms with van der Waals surface area (Å²) in [6.45, 7) is 9.74. The Morgan fingerprint density at radius 3 is 2.43 bits per heavy atom. The Balaban J connectivity index is 0.855. The van der Waals surface area contributed by atoms with Crippen LogP contribution in [-0.4, -0.2) is 112 Å². The van der Waals surface area contributed by atoms with Gasteiger partial charge in [0.25, 0.3) is 17.7 Å².